The fourth-order valence-corrected chi connectivity index (χ4v) is 0. The van der Waals surface area contributed by atoms with Crippen LogP contribution in [0.15, 0.2) is 0 Å². The smallest absolute Gasteiger partial charge is 0.668 e. The average molecular weight is 275 g/mol. The fourth-order valence-electron chi connectivity index (χ4n) is 0. The Labute approximate surface area is 157 Å². The van der Waals surface area contributed by atoms with Crippen molar-refractivity contribution in [2.75, 3.05) is 35.2 Å². The maximum absolute atomic E-state index is 3.50. The van der Waals surface area contributed by atoms with Crippen molar-refractivity contribution < 1.29 is 121 Å². The molecule has 4 heteroatoms. The standard InChI is InChI=1S/C3H9N.C2H6N.2Rb/c1-4(2)3;1-3-2;;/h1-3H3;1-2H3;;/q;-1;2*+1/p+1. The fraction of sp³-hybridized carbons (Fsp3) is 1.00. The van der Waals surface area contributed by atoms with E-state index in [4.69, 9.17) is 0 Å². The van der Waals surface area contributed by atoms with E-state index in [1.807, 2.05) is 0 Å². The Morgan fingerprint density at radius 1 is 0.889 bits per heavy atom. The van der Waals surface area contributed by atoms with Crippen LogP contribution in [0.4, 0.5) is 0 Å². The molecule has 0 aliphatic carbocycles. The first-order valence-electron chi connectivity index (χ1n) is 2.39. The molecule has 0 radical (unpaired) electrons. The number of hydrogen-bond donors (Lipinski definition) is 1. The van der Waals surface area contributed by atoms with Crippen LogP contribution in [0.3, 0.4) is 0 Å². The number of nitrogens with one attached hydrogen (secondary N) is 1. The van der Waals surface area contributed by atoms with Gasteiger partial charge in [-0.25, -0.2) is 0 Å². The summed E-state index contributed by atoms with van der Waals surface area (Å²) < 4.78 is 0. The van der Waals surface area contributed by atoms with Crippen LogP contribution in [-0.2, 0) is 0 Å². The third kappa shape index (κ3) is 84.0. The van der Waals surface area contributed by atoms with Gasteiger partial charge in [-0.05, 0) is 0 Å². The summed E-state index contributed by atoms with van der Waals surface area (Å²) in [5, 5.41) is 3.50. The molecule has 0 saturated heterocycles. The van der Waals surface area contributed by atoms with Crippen LogP contribution < -0.4 is 121 Å². The molecule has 0 saturated carbocycles. The summed E-state index contributed by atoms with van der Waals surface area (Å²) in [5.41, 5.74) is 0. The van der Waals surface area contributed by atoms with Crippen LogP contribution in [-0.4, -0.2) is 35.2 Å². The zero-order valence-electron chi connectivity index (χ0n) is 7.95. The molecule has 2 nitrogen and oxygen atoms in total. The van der Waals surface area contributed by atoms with Gasteiger partial charge >= 0.3 is 116 Å². The summed E-state index contributed by atoms with van der Waals surface area (Å²) >= 11 is 0. The topological polar surface area (TPSA) is 18.5 Å². The van der Waals surface area contributed by atoms with Crippen LogP contribution in [0, 0.1) is 0 Å². The normalized spacial score (nSPS) is 6.00. The number of hydrogen-bond acceptors (Lipinski definition) is 0. The molecular formula is C5H16N2Rb2+2. The molecule has 0 unspecified atom stereocenters. The number of quaternary nitrogens is 1. The van der Waals surface area contributed by atoms with Crippen LogP contribution in [0.25, 0.3) is 5.32 Å². The summed E-state index contributed by atoms with van der Waals surface area (Å²) in [4.78, 5) is 1.42. The van der Waals surface area contributed by atoms with E-state index in [0.717, 1.165) is 0 Å². The van der Waals surface area contributed by atoms with E-state index in [9.17, 15) is 0 Å². The van der Waals surface area contributed by atoms with Gasteiger partial charge in [0.1, 0.15) is 0 Å². The van der Waals surface area contributed by atoms with E-state index < -0.39 is 0 Å². The molecule has 0 fully saturated rings. The average Bonchev–Trinajstić information content (AvgIpc) is 1.33. The van der Waals surface area contributed by atoms with Crippen molar-refractivity contribution in [2.45, 2.75) is 0 Å². The van der Waals surface area contributed by atoms with Gasteiger partial charge in [-0.15, -0.1) is 0 Å². The molecule has 0 spiro atoms. The molecule has 0 aromatic rings. The molecule has 46 valence electrons. The second kappa shape index (κ2) is 22.5. The quantitative estimate of drug-likeness (QED) is 0.453. The van der Waals surface area contributed by atoms with E-state index in [0.29, 0.717) is 0 Å². The first kappa shape index (κ1) is 22.9. The minimum atomic E-state index is 0. The Bertz CT molecular complexity index is 24.2. The molecule has 0 rings (SSSR count). The van der Waals surface area contributed by atoms with Crippen molar-refractivity contribution in [2.24, 2.45) is 0 Å². The Balaban J connectivity index is -0.0000000233. The van der Waals surface area contributed by atoms with Crippen molar-refractivity contribution in [1.29, 1.82) is 0 Å². The minimum absolute atomic E-state index is 0. The summed E-state index contributed by atoms with van der Waals surface area (Å²) in [7, 11) is 9.75. The van der Waals surface area contributed by atoms with Crippen molar-refractivity contribution in [3.05, 3.63) is 5.32 Å². The van der Waals surface area contributed by atoms with Gasteiger partial charge in [0, 0.05) is 0 Å². The van der Waals surface area contributed by atoms with Crippen molar-refractivity contribution in [1.82, 2.24) is 0 Å². The van der Waals surface area contributed by atoms with E-state index in [2.05, 4.69) is 26.5 Å². The maximum Gasteiger partial charge on any atom is 1.00 e. The summed E-state index contributed by atoms with van der Waals surface area (Å²) in [5.74, 6) is 0. The summed E-state index contributed by atoms with van der Waals surface area (Å²) in [6, 6.07) is 0. The van der Waals surface area contributed by atoms with Gasteiger partial charge in [0.25, 0.3) is 0 Å². The predicted molar refractivity (Wildman–Crippen MR) is 33.9 cm³/mol. The summed E-state index contributed by atoms with van der Waals surface area (Å²) in [6.45, 7) is 0. The third-order valence-electron chi connectivity index (χ3n) is 0. The molecule has 0 aliphatic heterocycles. The molecule has 9 heavy (non-hydrogen) atoms. The molecule has 1 N–H and O–H groups in total. The number of nitrogens with zero attached hydrogens (tertiary/aromatic N) is 1. The summed E-state index contributed by atoms with van der Waals surface area (Å²) in [6.07, 6.45) is 0. The van der Waals surface area contributed by atoms with Gasteiger partial charge in [0.05, 0.1) is 21.1 Å². The van der Waals surface area contributed by atoms with Crippen molar-refractivity contribution >= 4 is 0 Å². The molecule has 0 bridgehead atoms. The molecule has 0 aromatic heterocycles. The third-order valence-corrected chi connectivity index (χ3v) is 0. The van der Waals surface area contributed by atoms with Gasteiger partial charge < -0.3 is 10.2 Å². The maximum atomic E-state index is 3.50. The first-order valence-corrected chi connectivity index (χ1v) is 2.39. The predicted octanol–water partition coefficient (Wildman–Crippen LogP) is -6.61. The Morgan fingerprint density at radius 3 is 0.889 bits per heavy atom. The van der Waals surface area contributed by atoms with Crippen LogP contribution >= 0.6 is 0 Å². The molecule has 0 aliphatic rings. The van der Waals surface area contributed by atoms with E-state index in [1.54, 1.807) is 14.1 Å². The van der Waals surface area contributed by atoms with Gasteiger partial charge in [-0.1, -0.05) is 0 Å². The largest absolute Gasteiger partial charge is 1.00 e. The molecule has 0 aromatic carbocycles. The van der Waals surface area contributed by atoms with Gasteiger partial charge in [0.2, 0.25) is 0 Å². The van der Waals surface area contributed by atoms with E-state index in [-0.39, 0.29) is 116 Å². The minimum Gasteiger partial charge on any atom is -0.668 e. The molecule has 0 amide bonds. The Kier molecular flexibility index (Phi) is 57.4. The van der Waals surface area contributed by atoms with Crippen LogP contribution in [0.1, 0.15) is 0 Å². The van der Waals surface area contributed by atoms with Crippen molar-refractivity contribution in [3.63, 3.8) is 0 Å². The Morgan fingerprint density at radius 2 is 0.889 bits per heavy atom. The van der Waals surface area contributed by atoms with Crippen molar-refractivity contribution in [3.8, 4) is 0 Å². The molecular weight excluding hydrogens is 259 g/mol. The second-order valence-corrected chi connectivity index (χ2v) is 1.95. The van der Waals surface area contributed by atoms with Crippen LogP contribution in [0.5, 0.6) is 0 Å². The molecule has 0 heterocycles. The Hall–Kier alpha value is 3.53. The van der Waals surface area contributed by atoms with E-state index in [1.165, 1.54) is 4.90 Å². The van der Waals surface area contributed by atoms with Gasteiger partial charge in [0.15, 0.2) is 0 Å². The zero-order chi connectivity index (χ0) is 6.28. The van der Waals surface area contributed by atoms with E-state index >= 15 is 0 Å². The zero-order valence-corrected chi connectivity index (χ0v) is 17.8. The van der Waals surface area contributed by atoms with Gasteiger partial charge in [-0.3, -0.25) is 0 Å². The van der Waals surface area contributed by atoms with Gasteiger partial charge in [-0.2, -0.15) is 14.1 Å². The first-order chi connectivity index (χ1) is 3.15. The molecule has 0 atom stereocenters. The van der Waals surface area contributed by atoms with Crippen LogP contribution in [0.2, 0.25) is 0 Å². The number of rotatable bonds is 0. The SMILES string of the molecule is C[N-]C.C[NH+](C)C.[Rb+].[Rb+]. The second-order valence-electron chi connectivity index (χ2n) is 1.95. The monoisotopic (exact) mass is 274 g/mol.